The minimum Gasteiger partial charge on any atom is -0.399 e. The Balaban J connectivity index is 1.87. The maximum Gasteiger partial charge on any atom is 0.186 e. The number of fused-ring (bicyclic) bond motifs is 1. The highest BCUT2D eigenvalue weighted by Crippen LogP contribution is 2.31. The zero-order valence-electron chi connectivity index (χ0n) is 11.5. The number of hydrogen-bond acceptors (Lipinski definition) is 5. The van der Waals surface area contributed by atoms with E-state index < -0.39 is 0 Å². The van der Waals surface area contributed by atoms with Crippen LogP contribution in [0.15, 0.2) is 18.2 Å². The van der Waals surface area contributed by atoms with E-state index in [-0.39, 0.29) is 0 Å². The van der Waals surface area contributed by atoms with Gasteiger partial charge < -0.3 is 10.6 Å². The van der Waals surface area contributed by atoms with Gasteiger partial charge in [0.2, 0.25) is 0 Å². The van der Waals surface area contributed by atoms with Crippen LogP contribution in [0.1, 0.15) is 13.3 Å². The normalized spacial score (nSPS) is 21.2. The fraction of sp³-hybridized carbons (Fsp3) is 0.500. The van der Waals surface area contributed by atoms with Crippen LogP contribution in [0.4, 0.5) is 10.8 Å². The van der Waals surface area contributed by atoms with E-state index in [0.717, 1.165) is 36.0 Å². The van der Waals surface area contributed by atoms with Crippen molar-refractivity contribution in [2.45, 2.75) is 19.4 Å². The van der Waals surface area contributed by atoms with Crippen LogP contribution in [0.3, 0.4) is 0 Å². The molecule has 0 aliphatic carbocycles. The minimum atomic E-state index is 0.630. The largest absolute Gasteiger partial charge is 0.399 e. The highest BCUT2D eigenvalue weighted by molar-refractivity contribution is 7.22. The average Bonchev–Trinajstić information content (AvgIpc) is 2.82. The molecule has 1 aromatic carbocycles. The molecule has 1 fully saturated rings. The Labute approximate surface area is 117 Å². The molecule has 1 aromatic heterocycles. The third kappa shape index (κ3) is 2.40. The van der Waals surface area contributed by atoms with Crippen molar-refractivity contribution >= 4 is 32.4 Å². The summed E-state index contributed by atoms with van der Waals surface area (Å²) in [4.78, 5) is 9.60. The number of piperazine rings is 1. The summed E-state index contributed by atoms with van der Waals surface area (Å²) in [5, 5.41) is 1.13. The zero-order chi connectivity index (χ0) is 13.4. The van der Waals surface area contributed by atoms with Crippen molar-refractivity contribution in [1.29, 1.82) is 0 Å². The molecule has 2 heterocycles. The Bertz CT molecular complexity index is 580. The van der Waals surface area contributed by atoms with E-state index in [0.29, 0.717) is 6.04 Å². The molecule has 3 rings (SSSR count). The molecule has 4 nitrogen and oxygen atoms in total. The monoisotopic (exact) mass is 276 g/mol. The molecule has 0 spiro atoms. The van der Waals surface area contributed by atoms with E-state index >= 15 is 0 Å². The molecule has 5 heteroatoms. The third-order valence-corrected chi connectivity index (χ3v) is 5.00. The van der Waals surface area contributed by atoms with Gasteiger partial charge in [0.25, 0.3) is 0 Å². The van der Waals surface area contributed by atoms with Gasteiger partial charge in [0.15, 0.2) is 5.13 Å². The molecule has 102 valence electrons. The zero-order valence-corrected chi connectivity index (χ0v) is 12.3. The van der Waals surface area contributed by atoms with Crippen molar-refractivity contribution in [3.05, 3.63) is 18.2 Å². The van der Waals surface area contributed by atoms with Crippen LogP contribution >= 0.6 is 11.3 Å². The van der Waals surface area contributed by atoms with Crippen molar-refractivity contribution in [1.82, 2.24) is 9.88 Å². The highest BCUT2D eigenvalue weighted by atomic mass is 32.1. The van der Waals surface area contributed by atoms with Gasteiger partial charge in [-0.3, -0.25) is 4.90 Å². The molecule has 1 unspecified atom stereocenters. The second kappa shape index (κ2) is 4.98. The summed E-state index contributed by atoms with van der Waals surface area (Å²) in [5.74, 6) is 0. The van der Waals surface area contributed by atoms with E-state index in [1.807, 2.05) is 18.2 Å². The lowest BCUT2D eigenvalue weighted by atomic mass is 10.1. The molecular weight excluding hydrogens is 256 g/mol. The van der Waals surface area contributed by atoms with Gasteiger partial charge in [0, 0.05) is 31.4 Å². The number of rotatable bonds is 2. The van der Waals surface area contributed by atoms with E-state index in [9.17, 15) is 0 Å². The summed E-state index contributed by atoms with van der Waals surface area (Å²) in [5.41, 5.74) is 7.70. The van der Waals surface area contributed by atoms with Crippen LogP contribution in [0.2, 0.25) is 0 Å². The fourth-order valence-corrected chi connectivity index (χ4v) is 3.67. The number of anilines is 2. The van der Waals surface area contributed by atoms with Crippen LogP contribution in [-0.4, -0.2) is 42.6 Å². The molecule has 2 N–H and O–H groups in total. The number of nitrogens with two attached hydrogens (primary N) is 1. The number of likely N-dealkylation sites (N-methyl/N-ethyl adjacent to an activating group) is 1. The van der Waals surface area contributed by atoms with Crippen LogP contribution < -0.4 is 10.6 Å². The summed E-state index contributed by atoms with van der Waals surface area (Å²) < 4.78 is 1.18. The number of hydrogen-bond donors (Lipinski definition) is 1. The summed E-state index contributed by atoms with van der Waals surface area (Å²) in [6, 6.07) is 6.58. The molecule has 0 amide bonds. The van der Waals surface area contributed by atoms with Crippen LogP contribution in [-0.2, 0) is 0 Å². The lowest BCUT2D eigenvalue weighted by molar-refractivity contribution is 0.213. The van der Waals surface area contributed by atoms with Crippen molar-refractivity contribution in [2.24, 2.45) is 0 Å². The first-order valence-corrected chi connectivity index (χ1v) is 7.60. The van der Waals surface area contributed by atoms with E-state index in [4.69, 9.17) is 10.7 Å². The van der Waals surface area contributed by atoms with Crippen LogP contribution in [0, 0.1) is 0 Å². The molecule has 0 radical (unpaired) electrons. The smallest absolute Gasteiger partial charge is 0.186 e. The summed E-state index contributed by atoms with van der Waals surface area (Å²) in [7, 11) is 2.21. The quantitative estimate of drug-likeness (QED) is 0.856. The Morgan fingerprint density at radius 2 is 2.26 bits per heavy atom. The fourth-order valence-electron chi connectivity index (χ4n) is 2.62. The van der Waals surface area contributed by atoms with Crippen molar-refractivity contribution in [2.75, 3.05) is 37.3 Å². The van der Waals surface area contributed by atoms with Crippen LogP contribution in [0.25, 0.3) is 10.2 Å². The SMILES string of the molecule is CCC1CN(c2nc3ccc(N)cc3s2)CCN1C. The predicted octanol–water partition coefficient (Wildman–Crippen LogP) is 2.41. The summed E-state index contributed by atoms with van der Waals surface area (Å²) in [6.07, 6.45) is 1.19. The second-order valence-electron chi connectivity index (χ2n) is 5.21. The Morgan fingerprint density at radius 3 is 3.05 bits per heavy atom. The van der Waals surface area contributed by atoms with Crippen LogP contribution in [0.5, 0.6) is 0 Å². The van der Waals surface area contributed by atoms with Gasteiger partial charge in [-0.1, -0.05) is 18.3 Å². The molecular formula is C14H20N4S. The number of thiazole rings is 1. The van der Waals surface area contributed by atoms with E-state index in [2.05, 4.69) is 23.8 Å². The van der Waals surface area contributed by atoms with Gasteiger partial charge in [-0.15, -0.1) is 0 Å². The molecule has 0 saturated carbocycles. The number of nitrogens with zero attached hydrogens (tertiary/aromatic N) is 3. The third-order valence-electron chi connectivity index (χ3n) is 3.92. The van der Waals surface area contributed by atoms with Crippen molar-refractivity contribution in [3.8, 4) is 0 Å². The molecule has 1 saturated heterocycles. The minimum absolute atomic E-state index is 0.630. The Hall–Kier alpha value is -1.33. The summed E-state index contributed by atoms with van der Waals surface area (Å²) >= 11 is 1.75. The predicted molar refractivity (Wildman–Crippen MR) is 83.0 cm³/mol. The molecule has 19 heavy (non-hydrogen) atoms. The van der Waals surface area contributed by atoms with Crippen molar-refractivity contribution in [3.63, 3.8) is 0 Å². The van der Waals surface area contributed by atoms with Crippen molar-refractivity contribution < 1.29 is 0 Å². The van der Waals surface area contributed by atoms with E-state index in [1.165, 1.54) is 11.1 Å². The first-order chi connectivity index (χ1) is 9.17. The number of benzene rings is 1. The first-order valence-electron chi connectivity index (χ1n) is 6.78. The van der Waals surface area contributed by atoms with Gasteiger partial charge in [-0.2, -0.15) is 0 Å². The standard InChI is InChI=1S/C14H20N4S/c1-3-11-9-18(7-6-17(11)2)14-16-12-5-4-10(15)8-13(12)19-14/h4-5,8,11H,3,6-7,9,15H2,1-2H3. The lowest BCUT2D eigenvalue weighted by Gasteiger charge is -2.38. The second-order valence-corrected chi connectivity index (χ2v) is 6.22. The van der Waals surface area contributed by atoms with Gasteiger partial charge in [-0.25, -0.2) is 4.98 Å². The Morgan fingerprint density at radius 1 is 1.42 bits per heavy atom. The van der Waals surface area contributed by atoms with E-state index in [1.54, 1.807) is 11.3 Å². The number of aromatic nitrogens is 1. The molecule has 1 aliphatic heterocycles. The molecule has 2 aromatic rings. The molecule has 1 aliphatic rings. The number of nitrogen functional groups attached to an aromatic ring is 1. The van der Waals surface area contributed by atoms with Gasteiger partial charge >= 0.3 is 0 Å². The van der Waals surface area contributed by atoms with Gasteiger partial charge in [-0.05, 0) is 31.7 Å². The maximum atomic E-state index is 5.83. The maximum absolute atomic E-state index is 5.83. The average molecular weight is 276 g/mol. The van der Waals surface area contributed by atoms with Gasteiger partial charge in [0.05, 0.1) is 10.2 Å². The molecule has 0 bridgehead atoms. The topological polar surface area (TPSA) is 45.4 Å². The van der Waals surface area contributed by atoms with Gasteiger partial charge in [0.1, 0.15) is 0 Å². The summed E-state index contributed by atoms with van der Waals surface area (Å²) in [6.45, 7) is 5.49. The highest BCUT2D eigenvalue weighted by Gasteiger charge is 2.24. The molecule has 1 atom stereocenters. The Kier molecular flexibility index (Phi) is 3.33. The first kappa shape index (κ1) is 12.7. The lowest BCUT2D eigenvalue weighted by Crippen LogP contribution is -2.51.